The van der Waals surface area contributed by atoms with Crippen molar-refractivity contribution in [2.75, 3.05) is 46.4 Å². The monoisotopic (exact) mass is 382 g/mol. The van der Waals surface area contributed by atoms with Crippen molar-refractivity contribution in [3.05, 3.63) is 29.3 Å². The molecule has 1 aromatic carbocycles. The number of benzene rings is 1. The highest BCUT2D eigenvalue weighted by molar-refractivity contribution is 7.89. The molecule has 0 saturated carbocycles. The van der Waals surface area contributed by atoms with Crippen molar-refractivity contribution in [3.8, 4) is 0 Å². The van der Waals surface area contributed by atoms with Gasteiger partial charge in [-0.3, -0.25) is 4.79 Å². The van der Waals surface area contributed by atoms with Gasteiger partial charge in [0.15, 0.2) is 0 Å². The molecule has 2 aliphatic rings. The lowest BCUT2D eigenvalue weighted by atomic mass is 9.99. The van der Waals surface area contributed by atoms with Crippen LogP contribution in [0.2, 0.25) is 0 Å². The molecule has 2 aliphatic heterocycles. The molecular formula is C17H26N4O4S. The summed E-state index contributed by atoms with van der Waals surface area (Å²) in [4.78, 5) is 16.2. The first-order valence-electron chi connectivity index (χ1n) is 8.78. The second-order valence-electron chi connectivity index (χ2n) is 6.94. The van der Waals surface area contributed by atoms with E-state index in [9.17, 15) is 13.2 Å². The molecule has 26 heavy (non-hydrogen) atoms. The van der Waals surface area contributed by atoms with Gasteiger partial charge in [0.25, 0.3) is 0 Å². The van der Waals surface area contributed by atoms with Gasteiger partial charge in [0.1, 0.15) is 6.04 Å². The molecule has 0 aromatic heterocycles. The van der Waals surface area contributed by atoms with Gasteiger partial charge in [-0.25, -0.2) is 8.42 Å². The van der Waals surface area contributed by atoms with Crippen LogP contribution in [0, 0.1) is 0 Å². The molecule has 1 saturated heterocycles. The number of nitrogens with zero attached hydrogens (tertiary/aromatic N) is 3. The van der Waals surface area contributed by atoms with Crippen LogP contribution in [0.1, 0.15) is 11.1 Å². The average Bonchev–Trinajstić information content (AvgIpc) is 2.66. The molecular weight excluding hydrogens is 356 g/mol. The Hall–Kier alpha value is -1.52. The topological polar surface area (TPSA) is 107 Å². The highest BCUT2D eigenvalue weighted by Crippen LogP contribution is 2.25. The van der Waals surface area contributed by atoms with Crippen molar-refractivity contribution < 1.29 is 18.3 Å². The van der Waals surface area contributed by atoms with Gasteiger partial charge >= 0.3 is 0 Å². The van der Waals surface area contributed by atoms with Crippen molar-refractivity contribution in [3.63, 3.8) is 0 Å². The van der Waals surface area contributed by atoms with E-state index < -0.39 is 22.7 Å². The number of aliphatic hydroxyl groups excluding tert-OH is 1. The largest absolute Gasteiger partial charge is 0.394 e. The van der Waals surface area contributed by atoms with Gasteiger partial charge in [0.05, 0.1) is 11.5 Å². The fourth-order valence-electron chi connectivity index (χ4n) is 3.37. The van der Waals surface area contributed by atoms with E-state index in [-0.39, 0.29) is 10.8 Å². The van der Waals surface area contributed by atoms with Crippen LogP contribution in [0.3, 0.4) is 0 Å². The number of carbonyl (C=O) groups is 1. The van der Waals surface area contributed by atoms with Gasteiger partial charge in [-0.2, -0.15) is 4.31 Å². The molecule has 0 spiro atoms. The molecule has 3 N–H and O–H groups in total. The van der Waals surface area contributed by atoms with Crippen molar-refractivity contribution in [2.24, 2.45) is 5.73 Å². The third-order valence-electron chi connectivity index (χ3n) is 5.12. The lowest BCUT2D eigenvalue weighted by Crippen LogP contribution is -2.48. The molecule has 0 radical (unpaired) electrons. The highest BCUT2D eigenvalue weighted by Gasteiger charge is 2.30. The van der Waals surface area contributed by atoms with Crippen LogP contribution in [0.15, 0.2) is 23.1 Å². The second-order valence-corrected chi connectivity index (χ2v) is 8.87. The van der Waals surface area contributed by atoms with E-state index in [4.69, 9.17) is 10.8 Å². The van der Waals surface area contributed by atoms with Gasteiger partial charge in [-0.15, -0.1) is 0 Å². The van der Waals surface area contributed by atoms with Gasteiger partial charge in [0.2, 0.25) is 15.9 Å². The van der Waals surface area contributed by atoms with Crippen LogP contribution in [0.5, 0.6) is 0 Å². The van der Waals surface area contributed by atoms with Gasteiger partial charge in [-0.1, -0.05) is 6.07 Å². The Morgan fingerprint density at radius 2 is 1.88 bits per heavy atom. The molecule has 0 bridgehead atoms. The molecule has 2 heterocycles. The van der Waals surface area contributed by atoms with Crippen LogP contribution < -0.4 is 5.73 Å². The molecule has 144 valence electrons. The number of sulfonamides is 1. The smallest absolute Gasteiger partial charge is 0.243 e. The quantitative estimate of drug-likeness (QED) is 0.679. The third kappa shape index (κ3) is 3.77. The van der Waals surface area contributed by atoms with E-state index >= 15 is 0 Å². The Balaban J connectivity index is 1.81. The summed E-state index contributed by atoms with van der Waals surface area (Å²) in [7, 11) is -1.56. The predicted octanol–water partition coefficient (Wildman–Crippen LogP) is -1.17. The molecule has 1 atom stereocenters. The van der Waals surface area contributed by atoms with Crippen molar-refractivity contribution in [2.45, 2.75) is 23.9 Å². The summed E-state index contributed by atoms with van der Waals surface area (Å²) in [5, 5.41) is 9.08. The standard InChI is InChI=1S/C17H26N4O4S/c1-19-6-8-21(9-7-19)26(24,25)15-3-2-13-4-5-20(11-14(13)10-15)17(23)16(18)12-22/h2-3,10,16,22H,4-9,11-12,18H2,1H3/t16-/m0/s1. The normalized spacial score (nSPS) is 20.7. The summed E-state index contributed by atoms with van der Waals surface area (Å²) in [6, 6.07) is 4.23. The molecule has 1 amide bonds. The SMILES string of the molecule is CN1CCN(S(=O)(=O)c2ccc3c(c2)CN(C(=O)[C@@H](N)CO)CC3)CC1. The Labute approximate surface area is 154 Å². The van der Waals surface area contributed by atoms with E-state index in [1.807, 2.05) is 13.1 Å². The molecule has 9 heteroatoms. The van der Waals surface area contributed by atoms with E-state index in [0.29, 0.717) is 45.7 Å². The molecule has 1 aromatic rings. The molecule has 0 unspecified atom stereocenters. The van der Waals surface area contributed by atoms with E-state index in [0.717, 1.165) is 11.1 Å². The Bertz CT molecular complexity index is 775. The first kappa shape index (κ1) is 19.2. The van der Waals surface area contributed by atoms with E-state index in [1.165, 1.54) is 4.31 Å². The predicted molar refractivity (Wildman–Crippen MR) is 96.9 cm³/mol. The van der Waals surface area contributed by atoms with Crippen molar-refractivity contribution >= 4 is 15.9 Å². The van der Waals surface area contributed by atoms with E-state index in [1.54, 1.807) is 17.0 Å². The number of hydrogen-bond donors (Lipinski definition) is 2. The first-order valence-corrected chi connectivity index (χ1v) is 10.2. The zero-order valence-electron chi connectivity index (χ0n) is 15.0. The maximum absolute atomic E-state index is 12.9. The summed E-state index contributed by atoms with van der Waals surface area (Å²) in [6.45, 7) is 2.81. The van der Waals surface area contributed by atoms with Crippen molar-refractivity contribution in [1.82, 2.24) is 14.1 Å². The molecule has 8 nitrogen and oxygen atoms in total. The summed E-state index contributed by atoms with van der Waals surface area (Å²) in [5.74, 6) is -0.314. The molecule has 3 rings (SSSR count). The number of amides is 1. The Kier molecular flexibility index (Phi) is 5.64. The number of fused-ring (bicyclic) bond motifs is 1. The summed E-state index contributed by atoms with van der Waals surface area (Å²) >= 11 is 0. The van der Waals surface area contributed by atoms with Crippen LogP contribution in [0.4, 0.5) is 0 Å². The number of rotatable bonds is 4. The fraction of sp³-hybridized carbons (Fsp3) is 0.588. The minimum absolute atomic E-state index is 0.265. The molecule has 0 aliphatic carbocycles. The number of piperazine rings is 1. The average molecular weight is 382 g/mol. The minimum Gasteiger partial charge on any atom is -0.394 e. The summed E-state index contributed by atoms with van der Waals surface area (Å²) < 4.78 is 27.4. The fourth-order valence-corrected chi connectivity index (χ4v) is 4.85. The number of nitrogens with two attached hydrogens (primary N) is 1. The van der Waals surface area contributed by atoms with Gasteiger partial charge < -0.3 is 20.6 Å². The number of aliphatic hydroxyl groups is 1. The zero-order chi connectivity index (χ0) is 18.9. The van der Waals surface area contributed by atoms with Crippen LogP contribution in [0.25, 0.3) is 0 Å². The van der Waals surface area contributed by atoms with Crippen LogP contribution in [-0.4, -0.2) is 86.0 Å². The van der Waals surface area contributed by atoms with Crippen molar-refractivity contribution in [1.29, 1.82) is 0 Å². The van der Waals surface area contributed by atoms with Gasteiger partial charge in [0, 0.05) is 39.3 Å². The Morgan fingerprint density at radius 3 is 2.54 bits per heavy atom. The lowest BCUT2D eigenvalue weighted by molar-refractivity contribution is -0.134. The number of likely N-dealkylation sites (N-methyl/N-ethyl adjacent to an activating group) is 1. The lowest BCUT2D eigenvalue weighted by Gasteiger charge is -2.33. The third-order valence-corrected chi connectivity index (χ3v) is 7.01. The first-order chi connectivity index (χ1) is 12.3. The number of hydrogen-bond acceptors (Lipinski definition) is 6. The number of carbonyl (C=O) groups excluding carboxylic acids is 1. The second kappa shape index (κ2) is 7.61. The van der Waals surface area contributed by atoms with E-state index in [2.05, 4.69) is 4.90 Å². The maximum Gasteiger partial charge on any atom is 0.243 e. The maximum atomic E-state index is 12.9. The summed E-state index contributed by atoms with van der Waals surface area (Å²) in [6.07, 6.45) is 0.647. The summed E-state index contributed by atoms with van der Waals surface area (Å²) in [5.41, 5.74) is 7.50. The highest BCUT2D eigenvalue weighted by atomic mass is 32.2. The van der Waals surface area contributed by atoms with Crippen LogP contribution >= 0.6 is 0 Å². The zero-order valence-corrected chi connectivity index (χ0v) is 15.8. The Morgan fingerprint density at radius 1 is 1.19 bits per heavy atom. The van der Waals surface area contributed by atoms with Gasteiger partial charge in [-0.05, 0) is 36.7 Å². The van der Waals surface area contributed by atoms with Crippen LogP contribution in [-0.2, 0) is 27.8 Å². The minimum atomic E-state index is -3.54. The molecule has 1 fully saturated rings.